The standard InChI is InChI=1S/C12H20N2O5/c1-14-5-4-9(8(7-14)12(17)19-3)13-10(15)6-11(16)18-2/h8-9H,4-7H2,1-3H3,(H,13,15). The Hall–Kier alpha value is -1.63. The van der Waals surface area contributed by atoms with Crippen molar-refractivity contribution < 1.29 is 23.9 Å². The molecule has 2 atom stereocenters. The fourth-order valence-corrected chi connectivity index (χ4v) is 2.14. The van der Waals surface area contributed by atoms with Gasteiger partial charge < -0.3 is 19.7 Å². The van der Waals surface area contributed by atoms with E-state index in [0.717, 1.165) is 6.54 Å². The summed E-state index contributed by atoms with van der Waals surface area (Å²) in [4.78, 5) is 36.3. The number of hydrogen-bond acceptors (Lipinski definition) is 6. The summed E-state index contributed by atoms with van der Waals surface area (Å²) in [5.41, 5.74) is 0. The largest absolute Gasteiger partial charge is 0.469 e. The molecule has 1 fully saturated rings. The monoisotopic (exact) mass is 272 g/mol. The van der Waals surface area contributed by atoms with E-state index in [1.807, 2.05) is 11.9 Å². The van der Waals surface area contributed by atoms with E-state index in [1.54, 1.807) is 0 Å². The minimum Gasteiger partial charge on any atom is -0.469 e. The minimum atomic E-state index is -0.597. The second-order valence-corrected chi connectivity index (χ2v) is 4.61. The van der Waals surface area contributed by atoms with Crippen molar-refractivity contribution >= 4 is 17.8 Å². The number of rotatable bonds is 4. The van der Waals surface area contributed by atoms with Crippen LogP contribution in [-0.2, 0) is 23.9 Å². The van der Waals surface area contributed by atoms with Crippen molar-refractivity contribution in [2.45, 2.75) is 18.9 Å². The average Bonchev–Trinajstić information content (AvgIpc) is 2.39. The van der Waals surface area contributed by atoms with Gasteiger partial charge in [0.2, 0.25) is 5.91 Å². The molecule has 0 radical (unpaired) electrons. The first-order valence-electron chi connectivity index (χ1n) is 6.10. The maximum Gasteiger partial charge on any atom is 0.315 e. The molecule has 1 aliphatic rings. The van der Waals surface area contributed by atoms with Crippen LogP contribution in [0.15, 0.2) is 0 Å². The van der Waals surface area contributed by atoms with Gasteiger partial charge in [-0.3, -0.25) is 14.4 Å². The lowest BCUT2D eigenvalue weighted by molar-refractivity contribution is -0.148. The molecule has 0 aromatic heterocycles. The summed E-state index contributed by atoms with van der Waals surface area (Å²) >= 11 is 0. The number of ether oxygens (including phenoxy) is 2. The van der Waals surface area contributed by atoms with Crippen LogP contribution < -0.4 is 5.32 Å². The molecule has 2 unspecified atom stereocenters. The molecule has 1 heterocycles. The lowest BCUT2D eigenvalue weighted by atomic mass is 9.92. The number of amides is 1. The molecule has 0 aliphatic carbocycles. The van der Waals surface area contributed by atoms with Crippen LogP contribution in [0.2, 0.25) is 0 Å². The van der Waals surface area contributed by atoms with Gasteiger partial charge in [-0.1, -0.05) is 0 Å². The van der Waals surface area contributed by atoms with Gasteiger partial charge >= 0.3 is 11.9 Å². The Balaban J connectivity index is 2.60. The van der Waals surface area contributed by atoms with Crippen molar-refractivity contribution in [2.75, 3.05) is 34.4 Å². The Labute approximate surface area is 112 Å². The van der Waals surface area contributed by atoms with Crippen LogP contribution in [0.25, 0.3) is 0 Å². The van der Waals surface area contributed by atoms with Gasteiger partial charge in [-0.2, -0.15) is 0 Å². The van der Waals surface area contributed by atoms with Crippen LogP contribution in [-0.4, -0.2) is 63.1 Å². The molecule has 0 aromatic carbocycles. The summed E-state index contributed by atoms with van der Waals surface area (Å²) in [7, 11) is 4.45. The van der Waals surface area contributed by atoms with Gasteiger partial charge in [0.15, 0.2) is 0 Å². The highest BCUT2D eigenvalue weighted by molar-refractivity contribution is 5.94. The molecule has 1 amide bonds. The maximum absolute atomic E-state index is 11.7. The van der Waals surface area contributed by atoms with Crippen molar-refractivity contribution in [2.24, 2.45) is 5.92 Å². The number of methoxy groups -OCH3 is 2. The summed E-state index contributed by atoms with van der Waals surface area (Å²) in [6.07, 6.45) is 0.305. The summed E-state index contributed by atoms with van der Waals surface area (Å²) < 4.78 is 9.17. The number of carbonyl (C=O) groups excluding carboxylic acids is 3. The molecule has 7 heteroatoms. The van der Waals surface area contributed by atoms with Crippen LogP contribution >= 0.6 is 0 Å². The summed E-state index contributed by atoms with van der Waals surface area (Å²) in [5, 5.41) is 2.70. The van der Waals surface area contributed by atoms with Crippen molar-refractivity contribution in [3.63, 3.8) is 0 Å². The van der Waals surface area contributed by atoms with Crippen LogP contribution in [0.1, 0.15) is 12.8 Å². The zero-order valence-corrected chi connectivity index (χ0v) is 11.5. The van der Waals surface area contributed by atoms with Crippen molar-refractivity contribution in [1.82, 2.24) is 10.2 Å². The van der Waals surface area contributed by atoms with E-state index < -0.39 is 17.8 Å². The molecule has 0 bridgehead atoms. The Bertz CT molecular complexity index is 358. The Morgan fingerprint density at radius 1 is 1.26 bits per heavy atom. The zero-order valence-electron chi connectivity index (χ0n) is 11.5. The van der Waals surface area contributed by atoms with E-state index in [4.69, 9.17) is 4.74 Å². The van der Waals surface area contributed by atoms with Crippen LogP contribution in [0.4, 0.5) is 0 Å². The molecule has 1 aliphatic heterocycles. The molecule has 108 valence electrons. The van der Waals surface area contributed by atoms with E-state index in [1.165, 1.54) is 14.2 Å². The first-order valence-corrected chi connectivity index (χ1v) is 6.10. The van der Waals surface area contributed by atoms with Crippen molar-refractivity contribution in [3.05, 3.63) is 0 Å². The molecule has 0 saturated carbocycles. The highest BCUT2D eigenvalue weighted by Gasteiger charge is 2.35. The van der Waals surface area contributed by atoms with Gasteiger partial charge in [-0.25, -0.2) is 0 Å². The van der Waals surface area contributed by atoms with Gasteiger partial charge in [-0.05, 0) is 20.0 Å². The fourth-order valence-electron chi connectivity index (χ4n) is 2.14. The molecule has 1 saturated heterocycles. The number of nitrogens with one attached hydrogen (secondary N) is 1. The molecule has 0 aromatic rings. The SMILES string of the molecule is COC(=O)CC(=O)NC1CCN(C)CC1C(=O)OC. The molecule has 7 nitrogen and oxygen atoms in total. The van der Waals surface area contributed by atoms with Crippen LogP contribution in [0, 0.1) is 5.92 Å². The van der Waals surface area contributed by atoms with E-state index in [0.29, 0.717) is 13.0 Å². The molecule has 0 spiro atoms. The van der Waals surface area contributed by atoms with E-state index in [-0.39, 0.29) is 18.4 Å². The lowest BCUT2D eigenvalue weighted by Crippen LogP contribution is -2.53. The number of nitrogens with zero attached hydrogens (tertiary/aromatic N) is 1. The van der Waals surface area contributed by atoms with Gasteiger partial charge in [0.05, 0.1) is 20.1 Å². The lowest BCUT2D eigenvalue weighted by Gasteiger charge is -2.35. The number of piperidine rings is 1. The Morgan fingerprint density at radius 3 is 2.53 bits per heavy atom. The van der Waals surface area contributed by atoms with E-state index in [9.17, 15) is 14.4 Å². The predicted octanol–water partition coefficient (Wildman–Crippen LogP) is -0.841. The number of carbonyl (C=O) groups is 3. The fraction of sp³-hybridized carbons (Fsp3) is 0.750. The summed E-state index contributed by atoms with van der Waals surface area (Å²) in [6.45, 7) is 1.30. The first-order chi connectivity index (χ1) is 8.97. The number of esters is 2. The molecule has 1 N–H and O–H groups in total. The normalized spacial score (nSPS) is 23.5. The third kappa shape index (κ3) is 4.51. The Morgan fingerprint density at radius 2 is 1.95 bits per heavy atom. The minimum absolute atomic E-state index is 0.305. The molecule has 19 heavy (non-hydrogen) atoms. The molecule has 1 rings (SSSR count). The molecular weight excluding hydrogens is 252 g/mol. The average molecular weight is 272 g/mol. The summed E-state index contributed by atoms with van der Waals surface area (Å²) in [5.74, 6) is -1.80. The highest BCUT2D eigenvalue weighted by atomic mass is 16.5. The smallest absolute Gasteiger partial charge is 0.315 e. The second-order valence-electron chi connectivity index (χ2n) is 4.61. The molecular formula is C12H20N2O5. The van der Waals surface area contributed by atoms with Crippen LogP contribution in [0.3, 0.4) is 0 Å². The highest BCUT2D eigenvalue weighted by Crippen LogP contribution is 2.17. The van der Waals surface area contributed by atoms with Gasteiger partial charge in [0, 0.05) is 12.6 Å². The third-order valence-corrected chi connectivity index (χ3v) is 3.20. The summed E-state index contributed by atoms with van der Waals surface area (Å²) in [6, 6.07) is -0.305. The maximum atomic E-state index is 11.7. The van der Waals surface area contributed by atoms with E-state index >= 15 is 0 Å². The predicted molar refractivity (Wildman–Crippen MR) is 66.2 cm³/mol. The quantitative estimate of drug-likeness (QED) is 0.530. The topological polar surface area (TPSA) is 84.9 Å². The van der Waals surface area contributed by atoms with Gasteiger partial charge in [0.1, 0.15) is 6.42 Å². The zero-order chi connectivity index (χ0) is 14.4. The number of hydrogen-bond donors (Lipinski definition) is 1. The first kappa shape index (κ1) is 15.4. The van der Waals surface area contributed by atoms with E-state index in [2.05, 4.69) is 10.1 Å². The van der Waals surface area contributed by atoms with Gasteiger partial charge in [0.25, 0.3) is 0 Å². The second kappa shape index (κ2) is 7.08. The van der Waals surface area contributed by atoms with Gasteiger partial charge in [-0.15, -0.1) is 0 Å². The Kier molecular flexibility index (Phi) is 5.75. The third-order valence-electron chi connectivity index (χ3n) is 3.20. The number of likely N-dealkylation sites (tertiary alicyclic amines) is 1. The van der Waals surface area contributed by atoms with Crippen molar-refractivity contribution in [1.29, 1.82) is 0 Å². The van der Waals surface area contributed by atoms with Crippen LogP contribution in [0.5, 0.6) is 0 Å². The van der Waals surface area contributed by atoms with Crippen molar-refractivity contribution in [3.8, 4) is 0 Å².